The Morgan fingerprint density at radius 3 is 1.59 bits per heavy atom. The van der Waals surface area contributed by atoms with Crippen LogP contribution in [0.2, 0.25) is 0 Å². The third kappa shape index (κ3) is 15.8. The van der Waals surface area contributed by atoms with Gasteiger partial charge in [-0.3, -0.25) is 9.59 Å². The Hall–Kier alpha value is -3.47. The Labute approximate surface area is 270 Å². The number of rotatable bonds is 7. The number of carbonyl (C=O) groups is 5. The Morgan fingerprint density at radius 2 is 1.18 bits per heavy atom. The second-order valence-corrected chi connectivity index (χ2v) is 10.4. The van der Waals surface area contributed by atoms with Crippen LogP contribution in [0.25, 0.3) is 0 Å². The Morgan fingerprint density at radius 1 is 0.750 bits per heavy atom. The fourth-order valence-electron chi connectivity index (χ4n) is 4.29. The molecule has 2 aromatic carbocycles. The predicted octanol–water partition coefficient (Wildman–Crippen LogP) is 6.05. The number of benzene rings is 2. The van der Waals surface area contributed by atoms with Gasteiger partial charge in [0.2, 0.25) is 0 Å². The molecule has 0 bridgehead atoms. The van der Waals surface area contributed by atoms with Gasteiger partial charge >= 0.3 is 22.7 Å². The van der Waals surface area contributed by atoms with Crippen molar-refractivity contribution in [1.82, 2.24) is 9.80 Å². The summed E-state index contributed by atoms with van der Waals surface area (Å²) in [7, 11) is 0. The van der Waals surface area contributed by atoms with Crippen molar-refractivity contribution in [2.45, 2.75) is 53.8 Å². The Bertz CT molecular complexity index is 1130. The van der Waals surface area contributed by atoms with Crippen molar-refractivity contribution in [2.24, 2.45) is 11.8 Å². The van der Waals surface area contributed by atoms with Gasteiger partial charge in [-0.1, -0.05) is 75.5 Å². The minimum absolute atomic E-state index is 0. The summed E-state index contributed by atoms with van der Waals surface area (Å²) >= 11 is 8.98. The molecule has 2 aliphatic heterocycles. The number of nitrogens with zero attached hydrogens (tertiary/aromatic N) is 2. The minimum atomic E-state index is -1.14. The number of hydrogen-bond acceptors (Lipinski definition) is 8. The summed E-state index contributed by atoms with van der Waals surface area (Å²) in [5, 5.41) is 6.84. The molecule has 0 spiro atoms. The number of carbonyl (C=O) groups excluding carboxylic acids is 5. The van der Waals surface area contributed by atoms with Gasteiger partial charge in [-0.25, -0.2) is 9.59 Å². The van der Waals surface area contributed by atoms with E-state index in [2.05, 4.69) is 23.2 Å². The van der Waals surface area contributed by atoms with Crippen molar-refractivity contribution in [3.05, 3.63) is 71.8 Å². The minimum Gasteiger partial charge on any atom is -0.445 e. The van der Waals surface area contributed by atoms with E-state index in [1.807, 2.05) is 60.7 Å². The maximum atomic E-state index is 11.9. The molecule has 1 N–H and O–H groups in total. The van der Waals surface area contributed by atoms with E-state index >= 15 is 0 Å². The van der Waals surface area contributed by atoms with E-state index < -0.39 is 10.5 Å². The maximum Gasteiger partial charge on any atom is 0.410 e. The average molecular weight is 656 g/mol. The van der Waals surface area contributed by atoms with Gasteiger partial charge < -0.3 is 29.2 Å². The summed E-state index contributed by atoms with van der Waals surface area (Å²) in [5.74, 6) is 0.158. The van der Waals surface area contributed by atoms with Crippen molar-refractivity contribution in [3.63, 3.8) is 0 Å². The fourth-order valence-corrected chi connectivity index (χ4v) is 4.29. The van der Waals surface area contributed by atoms with Crippen molar-refractivity contribution in [1.29, 1.82) is 0 Å². The number of likely N-dealkylation sites (tertiary alicyclic amines) is 2. The first kappa shape index (κ1) is 40.5. The lowest BCUT2D eigenvalue weighted by molar-refractivity contribution is -0.127. The molecule has 0 radical (unpaired) electrons. The number of halogens is 2. The molecule has 2 aromatic rings. The van der Waals surface area contributed by atoms with E-state index in [1.165, 1.54) is 0 Å². The van der Waals surface area contributed by atoms with Crippen molar-refractivity contribution in [3.8, 4) is 0 Å². The quantitative estimate of drug-likeness (QED) is 0.217. The second kappa shape index (κ2) is 23.0. The third-order valence-electron chi connectivity index (χ3n) is 6.51. The number of hydrogen-bond donors (Lipinski definition) is 1. The number of piperidine rings is 2. The lowest BCUT2D eigenvalue weighted by Gasteiger charge is -2.31. The van der Waals surface area contributed by atoms with Gasteiger partial charge in [0.25, 0.3) is 0 Å². The van der Waals surface area contributed by atoms with E-state index in [9.17, 15) is 24.0 Å². The largest absolute Gasteiger partial charge is 0.445 e. The normalized spacial score (nSPS) is 17.0. The molecule has 0 aromatic heterocycles. The number of aliphatic hydroxyl groups is 1. The second-order valence-electron chi connectivity index (χ2n) is 9.75. The highest BCUT2D eigenvalue weighted by Gasteiger charge is 2.25. The van der Waals surface area contributed by atoms with E-state index in [0.29, 0.717) is 26.2 Å². The smallest absolute Gasteiger partial charge is 0.410 e. The van der Waals surface area contributed by atoms with E-state index in [4.69, 9.17) is 14.6 Å². The van der Waals surface area contributed by atoms with E-state index in [-0.39, 0.29) is 52.1 Å². The summed E-state index contributed by atoms with van der Waals surface area (Å²) in [4.78, 5) is 56.6. The van der Waals surface area contributed by atoms with Crippen LogP contribution in [-0.4, -0.2) is 76.6 Å². The molecular weight excluding hydrogens is 611 g/mol. The van der Waals surface area contributed by atoms with E-state index in [1.54, 1.807) is 9.80 Å². The highest BCUT2D eigenvalue weighted by molar-refractivity contribution is 6.97. The zero-order chi connectivity index (χ0) is 30.7. The Kier molecular flexibility index (Phi) is 21.2. The SMILES string of the molecule is C.C.O=C(Cl)C(=O)Cl.O=C(OCc1ccccc1)N1CCC[C@H](CO)C1.O=C[C@H]1CCCN(C(=O)OCc2ccccc2)C1. The highest BCUT2D eigenvalue weighted by Crippen LogP contribution is 2.17. The molecule has 0 saturated carbocycles. The number of aliphatic hydroxyl groups excluding tert-OH is 1. The maximum absolute atomic E-state index is 11.9. The fraction of sp³-hybridized carbons (Fsp3) is 0.469. The van der Waals surface area contributed by atoms with Crippen LogP contribution < -0.4 is 0 Å². The van der Waals surface area contributed by atoms with Gasteiger partial charge in [-0.05, 0) is 65.9 Å². The van der Waals surface area contributed by atoms with Gasteiger partial charge in [-0.15, -0.1) is 0 Å². The molecule has 244 valence electrons. The summed E-state index contributed by atoms with van der Waals surface area (Å²) < 4.78 is 10.5. The van der Waals surface area contributed by atoms with Crippen LogP contribution in [0.4, 0.5) is 9.59 Å². The van der Waals surface area contributed by atoms with Gasteiger partial charge in [0.05, 0.1) is 0 Å². The lowest BCUT2D eigenvalue weighted by atomic mass is 10.00. The number of aldehydes is 1. The number of amides is 2. The van der Waals surface area contributed by atoms with Crippen LogP contribution in [0.3, 0.4) is 0 Å². The summed E-state index contributed by atoms with van der Waals surface area (Å²) in [6, 6.07) is 19.2. The van der Waals surface area contributed by atoms with Crippen molar-refractivity contribution in [2.75, 3.05) is 32.8 Å². The van der Waals surface area contributed by atoms with Crippen LogP contribution >= 0.6 is 23.2 Å². The molecule has 44 heavy (non-hydrogen) atoms. The third-order valence-corrected chi connectivity index (χ3v) is 6.95. The summed E-state index contributed by atoms with van der Waals surface area (Å²) in [6.45, 7) is 3.22. The molecule has 10 nitrogen and oxygen atoms in total. The molecule has 4 rings (SSSR count). The van der Waals surface area contributed by atoms with Crippen molar-refractivity contribution >= 4 is 52.2 Å². The highest BCUT2D eigenvalue weighted by atomic mass is 35.5. The van der Waals surface area contributed by atoms with Gasteiger partial charge in [0, 0.05) is 38.7 Å². The summed E-state index contributed by atoms with van der Waals surface area (Å²) in [6.07, 6.45) is 3.97. The van der Waals surface area contributed by atoms with Gasteiger partial charge in [0.15, 0.2) is 0 Å². The zero-order valence-electron chi connectivity index (χ0n) is 23.2. The first-order valence-electron chi connectivity index (χ1n) is 13.6. The van der Waals surface area contributed by atoms with Gasteiger partial charge in [-0.2, -0.15) is 0 Å². The van der Waals surface area contributed by atoms with Crippen LogP contribution in [0.15, 0.2) is 60.7 Å². The first-order chi connectivity index (χ1) is 20.2. The molecule has 2 amide bonds. The monoisotopic (exact) mass is 654 g/mol. The molecule has 2 fully saturated rings. The summed E-state index contributed by atoms with van der Waals surface area (Å²) in [5.41, 5.74) is 1.95. The Balaban J connectivity index is 0.000000685. The molecule has 0 unspecified atom stereocenters. The molecular formula is C32H44Cl2N2O8. The molecule has 0 aliphatic carbocycles. The zero-order valence-corrected chi connectivity index (χ0v) is 24.8. The number of ether oxygens (including phenoxy) is 2. The molecule has 2 aliphatic rings. The first-order valence-corrected chi connectivity index (χ1v) is 14.4. The van der Waals surface area contributed by atoms with Crippen molar-refractivity contribution < 1.29 is 38.6 Å². The van der Waals surface area contributed by atoms with Crippen LogP contribution in [-0.2, 0) is 37.1 Å². The topological polar surface area (TPSA) is 131 Å². The van der Waals surface area contributed by atoms with Crippen LogP contribution in [0, 0.1) is 11.8 Å². The predicted molar refractivity (Wildman–Crippen MR) is 170 cm³/mol. The average Bonchev–Trinajstić information content (AvgIpc) is 3.04. The van der Waals surface area contributed by atoms with Gasteiger partial charge in [0.1, 0.15) is 19.5 Å². The van der Waals surface area contributed by atoms with E-state index in [0.717, 1.165) is 49.6 Å². The molecule has 2 saturated heterocycles. The molecule has 12 heteroatoms. The molecule has 2 atom stereocenters. The standard InChI is InChI=1S/C14H19NO3.C14H17NO3.C2Cl2O2.2CH4/c2*16-10-13-7-4-8-15(9-13)14(17)18-11-12-5-2-1-3-6-12;3-1(5)2(4)6;;/h1-3,5-6,13,16H,4,7-11H2;1-3,5-6,10,13H,4,7-9,11H2;;2*1H4/t2*13-;;;/m00.../s1. The lowest BCUT2D eigenvalue weighted by Crippen LogP contribution is -2.41. The van der Waals surface area contributed by atoms with Crippen LogP contribution in [0.5, 0.6) is 0 Å². The van der Waals surface area contributed by atoms with Crippen LogP contribution in [0.1, 0.15) is 51.7 Å². The molecule has 2 heterocycles.